The molecule has 0 aliphatic heterocycles. The smallest absolute Gasteiger partial charge is 0.311 e. The lowest BCUT2D eigenvalue weighted by Gasteiger charge is -2.16. The number of hydrogen-bond donors (Lipinski definition) is 1. The maximum atomic E-state index is 11.2. The summed E-state index contributed by atoms with van der Waals surface area (Å²) in [4.78, 5) is 11.2. The third kappa shape index (κ3) is 4.88. The van der Waals surface area contributed by atoms with Crippen molar-refractivity contribution in [1.82, 2.24) is 0 Å². The molecule has 0 spiro atoms. The van der Waals surface area contributed by atoms with Gasteiger partial charge in [0.2, 0.25) is 0 Å². The molecule has 13 heavy (non-hydrogen) atoms. The number of hydrogen-bond acceptors (Lipinski definition) is 3. The zero-order valence-electron chi connectivity index (χ0n) is 8.62. The maximum Gasteiger partial charge on any atom is 0.311 e. The lowest BCUT2D eigenvalue weighted by Crippen LogP contribution is -2.27. The van der Waals surface area contributed by atoms with Crippen molar-refractivity contribution in [2.75, 3.05) is 7.11 Å². The van der Waals surface area contributed by atoms with Gasteiger partial charge >= 0.3 is 5.97 Å². The van der Waals surface area contributed by atoms with Crippen LogP contribution < -0.4 is 0 Å². The molecular formula is C10H19O3. The van der Waals surface area contributed by atoms with E-state index in [-0.39, 0.29) is 11.9 Å². The van der Waals surface area contributed by atoms with Gasteiger partial charge < -0.3 is 9.84 Å². The number of methoxy groups -OCH3 is 1. The van der Waals surface area contributed by atoms with Crippen LogP contribution in [0.1, 0.15) is 33.1 Å². The minimum atomic E-state index is -0.627. The Morgan fingerprint density at radius 3 is 2.62 bits per heavy atom. The van der Waals surface area contributed by atoms with Crippen LogP contribution in [-0.2, 0) is 9.53 Å². The Hall–Kier alpha value is -0.570. The number of rotatable bonds is 6. The summed E-state index contributed by atoms with van der Waals surface area (Å²) in [5.74, 6) is -0.702. The van der Waals surface area contributed by atoms with Gasteiger partial charge in [0, 0.05) is 0 Å². The Balaban J connectivity index is 3.88. The molecule has 2 atom stereocenters. The molecule has 0 rings (SSSR count). The van der Waals surface area contributed by atoms with Crippen molar-refractivity contribution >= 4 is 5.97 Å². The Morgan fingerprint density at radius 1 is 1.62 bits per heavy atom. The first kappa shape index (κ1) is 12.4. The molecule has 0 heterocycles. The number of esters is 1. The zero-order chi connectivity index (χ0) is 10.3. The third-order valence-corrected chi connectivity index (χ3v) is 2.06. The van der Waals surface area contributed by atoms with E-state index in [1.54, 1.807) is 6.92 Å². The molecule has 1 N–H and O–H groups in total. The minimum Gasteiger partial charge on any atom is -0.469 e. The van der Waals surface area contributed by atoms with Gasteiger partial charge in [-0.2, -0.15) is 0 Å². The van der Waals surface area contributed by atoms with Gasteiger partial charge in [-0.1, -0.05) is 13.3 Å². The summed E-state index contributed by atoms with van der Waals surface area (Å²) < 4.78 is 4.59. The highest BCUT2D eigenvalue weighted by Gasteiger charge is 2.23. The van der Waals surface area contributed by atoms with Crippen LogP contribution in [0, 0.1) is 12.3 Å². The molecule has 0 aromatic heterocycles. The number of aliphatic hydroxyl groups excluding tert-OH is 1. The average molecular weight is 187 g/mol. The van der Waals surface area contributed by atoms with Gasteiger partial charge in [-0.25, -0.2) is 0 Å². The standard InChI is InChI=1S/C10H19O3/c1-4-5-6-7-9(8(2)11)10(12)13-3/h5,8-9,11H,4,6-7H2,1-3H3. The van der Waals surface area contributed by atoms with E-state index in [9.17, 15) is 9.90 Å². The van der Waals surface area contributed by atoms with Crippen LogP contribution in [0.4, 0.5) is 0 Å². The fourth-order valence-corrected chi connectivity index (χ4v) is 1.21. The van der Waals surface area contributed by atoms with Crippen molar-refractivity contribution in [3.05, 3.63) is 6.42 Å². The second-order valence-electron chi connectivity index (χ2n) is 3.14. The minimum absolute atomic E-state index is 0.320. The lowest BCUT2D eigenvalue weighted by molar-refractivity contribution is -0.149. The van der Waals surface area contributed by atoms with Crippen molar-refractivity contribution in [3.8, 4) is 0 Å². The van der Waals surface area contributed by atoms with Crippen molar-refractivity contribution < 1.29 is 14.6 Å². The molecule has 2 unspecified atom stereocenters. The van der Waals surface area contributed by atoms with Crippen molar-refractivity contribution in [2.24, 2.45) is 5.92 Å². The maximum absolute atomic E-state index is 11.2. The summed E-state index contributed by atoms with van der Waals surface area (Å²) >= 11 is 0. The van der Waals surface area contributed by atoms with Gasteiger partial charge in [-0.05, 0) is 26.2 Å². The molecular weight excluding hydrogens is 168 g/mol. The average Bonchev–Trinajstić information content (AvgIpc) is 2.11. The van der Waals surface area contributed by atoms with Crippen LogP contribution in [0.2, 0.25) is 0 Å². The van der Waals surface area contributed by atoms with Crippen molar-refractivity contribution in [3.63, 3.8) is 0 Å². The Morgan fingerprint density at radius 2 is 2.23 bits per heavy atom. The fourth-order valence-electron chi connectivity index (χ4n) is 1.21. The Bertz CT molecular complexity index is 143. The summed E-state index contributed by atoms with van der Waals surface area (Å²) in [5, 5.41) is 9.30. The van der Waals surface area contributed by atoms with E-state index >= 15 is 0 Å². The van der Waals surface area contributed by atoms with Crippen LogP contribution >= 0.6 is 0 Å². The van der Waals surface area contributed by atoms with E-state index in [2.05, 4.69) is 18.1 Å². The van der Waals surface area contributed by atoms with E-state index in [1.165, 1.54) is 7.11 Å². The first-order valence-corrected chi connectivity index (χ1v) is 4.71. The molecule has 0 saturated heterocycles. The molecule has 0 aromatic carbocycles. The number of unbranched alkanes of at least 4 members (excludes halogenated alkanes) is 2. The number of carbonyl (C=O) groups is 1. The quantitative estimate of drug-likeness (QED) is 0.507. The molecule has 3 nitrogen and oxygen atoms in total. The first-order chi connectivity index (χ1) is 6.13. The second kappa shape index (κ2) is 6.89. The van der Waals surface area contributed by atoms with Crippen LogP contribution in [0.15, 0.2) is 0 Å². The van der Waals surface area contributed by atoms with E-state index in [1.807, 2.05) is 0 Å². The van der Waals surface area contributed by atoms with Gasteiger partial charge in [0.15, 0.2) is 0 Å². The Labute approximate surface area is 80.1 Å². The summed E-state index contributed by atoms with van der Waals surface area (Å²) in [6.07, 6.45) is 3.98. The molecule has 77 valence electrons. The molecule has 0 aromatic rings. The van der Waals surface area contributed by atoms with Crippen LogP contribution in [0.5, 0.6) is 0 Å². The van der Waals surface area contributed by atoms with Crippen molar-refractivity contribution in [2.45, 2.75) is 39.2 Å². The predicted octanol–water partition coefficient (Wildman–Crippen LogP) is 1.55. The predicted molar refractivity (Wildman–Crippen MR) is 51.0 cm³/mol. The van der Waals surface area contributed by atoms with Gasteiger partial charge in [0.25, 0.3) is 0 Å². The number of carbonyl (C=O) groups excluding carboxylic acids is 1. The lowest BCUT2D eigenvalue weighted by atomic mass is 9.96. The summed E-state index contributed by atoms with van der Waals surface area (Å²) in [6, 6.07) is 0. The molecule has 0 aliphatic carbocycles. The van der Waals surface area contributed by atoms with E-state index in [0.29, 0.717) is 6.42 Å². The normalized spacial score (nSPS) is 15.1. The fraction of sp³-hybridized carbons (Fsp3) is 0.800. The van der Waals surface area contributed by atoms with Crippen LogP contribution in [0.25, 0.3) is 0 Å². The van der Waals surface area contributed by atoms with Crippen LogP contribution in [-0.4, -0.2) is 24.3 Å². The number of ether oxygens (including phenoxy) is 1. The Kier molecular flexibility index (Phi) is 6.59. The molecule has 0 bridgehead atoms. The first-order valence-electron chi connectivity index (χ1n) is 4.71. The van der Waals surface area contributed by atoms with Crippen molar-refractivity contribution in [1.29, 1.82) is 0 Å². The third-order valence-electron chi connectivity index (χ3n) is 2.06. The van der Waals surface area contributed by atoms with Crippen LogP contribution in [0.3, 0.4) is 0 Å². The van der Waals surface area contributed by atoms with E-state index < -0.39 is 6.10 Å². The zero-order valence-corrected chi connectivity index (χ0v) is 8.62. The van der Waals surface area contributed by atoms with Gasteiger partial charge in [-0.3, -0.25) is 4.79 Å². The summed E-state index contributed by atoms with van der Waals surface area (Å²) in [7, 11) is 1.35. The van der Waals surface area contributed by atoms with E-state index in [4.69, 9.17) is 0 Å². The topological polar surface area (TPSA) is 46.5 Å². The van der Waals surface area contributed by atoms with Gasteiger partial charge in [0.1, 0.15) is 0 Å². The second-order valence-corrected chi connectivity index (χ2v) is 3.14. The van der Waals surface area contributed by atoms with Gasteiger partial charge in [0.05, 0.1) is 19.1 Å². The summed E-state index contributed by atoms with van der Waals surface area (Å²) in [6.45, 7) is 3.67. The highest BCUT2D eigenvalue weighted by atomic mass is 16.5. The molecule has 0 saturated carbocycles. The van der Waals surface area contributed by atoms with E-state index in [0.717, 1.165) is 12.8 Å². The molecule has 0 aliphatic rings. The SMILES string of the molecule is CC[CH]CCC(C(=O)OC)C(C)O. The largest absolute Gasteiger partial charge is 0.469 e. The molecule has 0 amide bonds. The van der Waals surface area contributed by atoms with Gasteiger partial charge in [-0.15, -0.1) is 0 Å². The monoisotopic (exact) mass is 187 g/mol. The molecule has 0 fully saturated rings. The highest BCUT2D eigenvalue weighted by Crippen LogP contribution is 2.14. The highest BCUT2D eigenvalue weighted by molar-refractivity contribution is 5.72. The number of aliphatic hydroxyl groups is 1. The molecule has 1 radical (unpaired) electrons. The summed E-state index contributed by atoms with van der Waals surface area (Å²) in [5.41, 5.74) is 0. The molecule has 3 heteroatoms.